The molecule has 0 unspecified atom stereocenters. The number of aliphatic hydroxyl groups is 3. The lowest BCUT2D eigenvalue weighted by molar-refractivity contribution is -0.219. The molecule has 1 spiro atoms. The Morgan fingerprint density at radius 2 is 1.92 bits per heavy atom. The minimum Gasteiger partial charge on any atom is -0.508 e. The van der Waals surface area contributed by atoms with Gasteiger partial charge in [-0.1, -0.05) is 19.1 Å². The summed E-state index contributed by atoms with van der Waals surface area (Å²) in [7, 11) is 0. The van der Waals surface area contributed by atoms with E-state index in [1.165, 1.54) is 18.2 Å². The topological polar surface area (TPSA) is 128 Å². The third kappa shape index (κ3) is 1.55. The normalized spacial score (nSPS) is 48.9. The van der Waals surface area contributed by atoms with Gasteiger partial charge in [0.1, 0.15) is 17.6 Å². The van der Waals surface area contributed by atoms with Crippen LogP contribution in [0.25, 0.3) is 0 Å². The second kappa shape index (κ2) is 4.54. The molecule has 2 saturated carbocycles. The molecule has 5 rings (SSSR count). The third-order valence-corrected chi connectivity index (χ3v) is 6.75. The first-order chi connectivity index (χ1) is 12.2. The summed E-state index contributed by atoms with van der Waals surface area (Å²) in [5.41, 5.74) is -5.45. The number of hydrogen-bond donors (Lipinski definition) is 4. The Kier molecular flexibility index (Phi) is 2.86. The van der Waals surface area contributed by atoms with E-state index < -0.39 is 46.5 Å². The third-order valence-electron chi connectivity index (χ3n) is 6.75. The molecule has 4 aliphatic rings. The van der Waals surface area contributed by atoms with Gasteiger partial charge in [-0.25, -0.2) is 0 Å². The lowest BCUT2D eigenvalue weighted by Gasteiger charge is -2.56. The Labute approximate surface area is 149 Å². The van der Waals surface area contributed by atoms with Crippen LogP contribution in [-0.2, 0) is 9.53 Å². The van der Waals surface area contributed by atoms with E-state index >= 15 is 0 Å². The number of aromatic hydroxyl groups is 1. The average molecular weight is 360 g/mol. The van der Waals surface area contributed by atoms with Crippen molar-refractivity contribution < 1.29 is 34.8 Å². The average Bonchev–Trinajstić information content (AvgIpc) is 3.27. The van der Waals surface area contributed by atoms with Crippen LogP contribution in [0.4, 0.5) is 0 Å². The van der Waals surface area contributed by atoms with E-state index in [0.717, 1.165) is 0 Å². The monoisotopic (exact) mass is 360 g/mol. The summed E-state index contributed by atoms with van der Waals surface area (Å²) in [5, 5.41) is 43.7. The maximum atomic E-state index is 13.3. The first kappa shape index (κ1) is 16.4. The molecule has 1 saturated heterocycles. The van der Waals surface area contributed by atoms with Gasteiger partial charge in [-0.3, -0.25) is 9.59 Å². The number of epoxide rings is 1. The summed E-state index contributed by atoms with van der Waals surface area (Å²) in [5.74, 6) is -2.81. The SMILES string of the molecule is C[C@@H]1CC(=O)[C@@H]2[C@@](O)(C1)C[C@H](O)[C@]13O[C@H]1c1c(O)cccc1C(=O)[C@]23O. The van der Waals surface area contributed by atoms with Crippen LogP contribution in [-0.4, -0.2) is 54.9 Å². The molecule has 1 aliphatic heterocycles. The molecule has 1 heterocycles. The van der Waals surface area contributed by atoms with Crippen molar-refractivity contribution in [2.45, 2.75) is 55.2 Å². The van der Waals surface area contributed by atoms with Crippen LogP contribution in [0.5, 0.6) is 5.75 Å². The van der Waals surface area contributed by atoms with Gasteiger partial charge in [0.2, 0.25) is 0 Å². The Hall–Kier alpha value is -1.80. The van der Waals surface area contributed by atoms with E-state index in [-0.39, 0.29) is 42.1 Å². The fourth-order valence-corrected chi connectivity index (χ4v) is 5.86. The molecule has 7 atom stereocenters. The van der Waals surface area contributed by atoms with Crippen LogP contribution in [0.15, 0.2) is 18.2 Å². The molecule has 7 heteroatoms. The highest BCUT2D eigenvalue weighted by Gasteiger charge is 2.86. The van der Waals surface area contributed by atoms with Crippen LogP contribution < -0.4 is 0 Å². The quantitative estimate of drug-likeness (QED) is 0.488. The molecule has 0 amide bonds. The molecule has 3 aliphatic carbocycles. The Morgan fingerprint density at radius 1 is 1.19 bits per heavy atom. The predicted octanol–water partition coefficient (Wildman–Crippen LogP) is 0.241. The lowest BCUT2D eigenvalue weighted by atomic mass is 9.49. The largest absolute Gasteiger partial charge is 0.508 e. The Balaban J connectivity index is 1.76. The number of phenols is 1. The fourth-order valence-electron chi connectivity index (χ4n) is 5.86. The molecule has 26 heavy (non-hydrogen) atoms. The fraction of sp³-hybridized carbons (Fsp3) is 0.579. The maximum absolute atomic E-state index is 13.3. The molecule has 138 valence electrons. The highest BCUT2D eigenvalue weighted by molar-refractivity contribution is 6.11. The van der Waals surface area contributed by atoms with Crippen molar-refractivity contribution >= 4 is 11.6 Å². The summed E-state index contributed by atoms with van der Waals surface area (Å²) in [6, 6.07) is 4.34. The summed E-state index contributed by atoms with van der Waals surface area (Å²) in [4.78, 5) is 26.1. The predicted molar refractivity (Wildman–Crippen MR) is 86.4 cm³/mol. The van der Waals surface area contributed by atoms with Crippen LogP contribution in [0.2, 0.25) is 0 Å². The van der Waals surface area contributed by atoms with E-state index in [4.69, 9.17) is 4.74 Å². The van der Waals surface area contributed by atoms with Crippen LogP contribution >= 0.6 is 0 Å². The highest BCUT2D eigenvalue weighted by atomic mass is 16.6. The molecule has 7 nitrogen and oxygen atoms in total. The minimum atomic E-state index is -2.36. The number of hydrogen-bond acceptors (Lipinski definition) is 7. The molecule has 0 aromatic heterocycles. The van der Waals surface area contributed by atoms with Gasteiger partial charge in [0.15, 0.2) is 17.0 Å². The first-order valence-corrected chi connectivity index (χ1v) is 8.87. The molecule has 4 N–H and O–H groups in total. The number of phenolic OH excluding ortho intramolecular Hbond substituents is 1. The van der Waals surface area contributed by atoms with Gasteiger partial charge in [0.25, 0.3) is 0 Å². The van der Waals surface area contributed by atoms with E-state index in [1.54, 1.807) is 0 Å². The van der Waals surface area contributed by atoms with Crippen molar-refractivity contribution in [1.82, 2.24) is 0 Å². The van der Waals surface area contributed by atoms with Gasteiger partial charge >= 0.3 is 0 Å². The zero-order chi connectivity index (χ0) is 18.6. The molecule has 0 radical (unpaired) electrons. The van der Waals surface area contributed by atoms with Gasteiger partial charge < -0.3 is 25.2 Å². The van der Waals surface area contributed by atoms with Crippen LogP contribution in [0.1, 0.15) is 48.2 Å². The lowest BCUT2D eigenvalue weighted by Crippen LogP contribution is -2.76. The minimum absolute atomic E-state index is 0.0634. The number of rotatable bonds is 0. The van der Waals surface area contributed by atoms with Gasteiger partial charge in [0.05, 0.1) is 17.6 Å². The van der Waals surface area contributed by atoms with E-state index in [0.29, 0.717) is 0 Å². The van der Waals surface area contributed by atoms with Crippen molar-refractivity contribution in [2.75, 3.05) is 0 Å². The maximum Gasteiger partial charge on any atom is 0.198 e. The molecule has 1 aromatic rings. The number of ether oxygens (including phenoxy) is 1. The van der Waals surface area contributed by atoms with E-state index in [9.17, 15) is 30.0 Å². The standard InChI is InChI=1S/C19H20O7/c1-8-5-11(21)14-17(24,6-8)7-12(22)19-16(26-19)13-9(3-2-4-10(13)20)15(23)18(14,19)25/h2-4,8,12,14,16,20,22,24-25H,5-7H2,1H3/t8-,12+,14-,16+,17-,18-,19+/m1/s1. The number of fused-ring (bicyclic) bond motifs is 4. The molecule has 0 bridgehead atoms. The highest BCUT2D eigenvalue weighted by Crippen LogP contribution is 2.70. The van der Waals surface area contributed by atoms with Gasteiger partial charge in [-0.2, -0.15) is 0 Å². The summed E-state index contributed by atoms with van der Waals surface area (Å²) in [6.45, 7) is 1.82. The van der Waals surface area contributed by atoms with E-state index in [1.807, 2.05) is 6.92 Å². The Morgan fingerprint density at radius 3 is 2.65 bits per heavy atom. The van der Waals surface area contributed by atoms with Crippen LogP contribution in [0, 0.1) is 11.8 Å². The second-order valence-corrected chi connectivity index (χ2v) is 8.36. The van der Waals surface area contributed by atoms with Gasteiger partial charge in [-0.15, -0.1) is 0 Å². The second-order valence-electron chi connectivity index (χ2n) is 8.36. The molecular formula is C19H20O7. The van der Waals surface area contributed by atoms with Crippen molar-refractivity contribution in [3.8, 4) is 5.75 Å². The zero-order valence-corrected chi connectivity index (χ0v) is 14.2. The number of benzene rings is 1. The van der Waals surface area contributed by atoms with Crippen molar-refractivity contribution in [2.24, 2.45) is 11.8 Å². The van der Waals surface area contributed by atoms with E-state index in [2.05, 4.69) is 0 Å². The number of carbonyl (C=O) groups is 2. The molecule has 3 fully saturated rings. The Bertz CT molecular complexity index is 865. The zero-order valence-electron chi connectivity index (χ0n) is 14.2. The van der Waals surface area contributed by atoms with Crippen molar-refractivity contribution in [3.63, 3.8) is 0 Å². The molecule has 1 aromatic carbocycles. The van der Waals surface area contributed by atoms with Crippen molar-refractivity contribution in [1.29, 1.82) is 0 Å². The summed E-state index contributed by atoms with van der Waals surface area (Å²) in [6.07, 6.45) is -2.04. The van der Waals surface area contributed by atoms with Gasteiger partial charge in [0, 0.05) is 24.0 Å². The number of ketones is 2. The number of carbonyl (C=O) groups excluding carboxylic acids is 2. The molecular weight excluding hydrogens is 340 g/mol. The van der Waals surface area contributed by atoms with Crippen molar-refractivity contribution in [3.05, 3.63) is 29.3 Å². The summed E-state index contributed by atoms with van der Waals surface area (Å²) < 4.78 is 5.69. The smallest absolute Gasteiger partial charge is 0.198 e. The first-order valence-electron chi connectivity index (χ1n) is 8.87. The number of Topliss-reactive ketones (excluding diaryl/α,β-unsaturated/α-hetero) is 2. The van der Waals surface area contributed by atoms with Gasteiger partial charge in [-0.05, 0) is 18.4 Å². The summed E-state index contributed by atoms with van der Waals surface area (Å²) >= 11 is 0. The van der Waals surface area contributed by atoms with Crippen LogP contribution in [0.3, 0.4) is 0 Å². The number of aliphatic hydroxyl groups excluding tert-OH is 1.